The normalized spacial score (nSPS) is 22.7. The van der Waals surface area contributed by atoms with Crippen LogP contribution in [0.4, 0.5) is 18.9 Å². The number of halogens is 3. The van der Waals surface area contributed by atoms with Crippen LogP contribution in [0.5, 0.6) is 0 Å². The molecular formula is C14H15F3N2O2. The topological polar surface area (TPSA) is 49.4 Å². The molecule has 0 spiro atoms. The van der Waals surface area contributed by atoms with Gasteiger partial charge in [0.1, 0.15) is 17.9 Å². The van der Waals surface area contributed by atoms with E-state index in [2.05, 4.69) is 5.32 Å². The molecule has 2 unspecified atom stereocenters. The van der Waals surface area contributed by atoms with E-state index in [1.807, 2.05) is 0 Å². The lowest BCUT2D eigenvalue weighted by molar-refractivity contribution is -0.134. The lowest BCUT2D eigenvalue weighted by Gasteiger charge is -2.38. The van der Waals surface area contributed by atoms with Crippen LogP contribution in [0.1, 0.15) is 20.8 Å². The van der Waals surface area contributed by atoms with Crippen LogP contribution in [-0.4, -0.2) is 23.9 Å². The maximum atomic E-state index is 13.9. The summed E-state index contributed by atoms with van der Waals surface area (Å²) in [6.07, 6.45) is 0. The lowest BCUT2D eigenvalue weighted by atomic mass is 9.97. The van der Waals surface area contributed by atoms with Gasteiger partial charge >= 0.3 is 0 Å². The average molecular weight is 300 g/mol. The summed E-state index contributed by atoms with van der Waals surface area (Å²) in [5.41, 5.74) is -0.564. The predicted octanol–water partition coefficient (Wildman–Crippen LogP) is 1.98. The van der Waals surface area contributed by atoms with E-state index in [1.165, 1.54) is 6.92 Å². The number of anilines is 1. The molecule has 0 bridgehead atoms. The summed E-state index contributed by atoms with van der Waals surface area (Å²) >= 11 is 0. The van der Waals surface area contributed by atoms with E-state index in [0.29, 0.717) is 12.1 Å². The molecule has 1 aliphatic heterocycles. The molecular weight excluding hydrogens is 285 g/mol. The van der Waals surface area contributed by atoms with E-state index in [1.54, 1.807) is 13.8 Å². The Morgan fingerprint density at radius 3 is 2.38 bits per heavy atom. The van der Waals surface area contributed by atoms with Crippen LogP contribution in [-0.2, 0) is 9.59 Å². The molecule has 2 rings (SSSR count). The monoisotopic (exact) mass is 300 g/mol. The highest BCUT2D eigenvalue weighted by Crippen LogP contribution is 2.28. The number of amides is 2. The molecule has 2 amide bonds. The Balaban J connectivity index is 2.54. The van der Waals surface area contributed by atoms with Crippen molar-refractivity contribution in [1.82, 2.24) is 5.32 Å². The molecule has 114 valence electrons. The Kier molecular flexibility index (Phi) is 3.93. The molecule has 2 atom stereocenters. The van der Waals surface area contributed by atoms with Gasteiger partial charge in [-0.05, 0) is 12.8 Å². The SMILES string of the molecule is CC(C)C1NC(=O)C(C)N(c2cc(F)cc(F)c2F)C1=O. The lowest BCUT2D eigenvalue weighted by Crippen LogP contribution is -2.64. The van der Waals surface area contributed by atoms with Gasteiger partial charge in [0.05, 0.1) is 5.69 Å². The second-order valence-corrected chi connectivity index (χ2v) is 5.34. The molecule has 0 saturated carbocycles. The molecule has 1 aromatic carbocycles. The largest absolute Gasteiger partial charge is 0.342 e. The van der Waals surface area contributed by atoms with Gasteiger partial charge in [-0.1, -0.05) is 13.8 Å². The highest BCUT2D eigenvalue weighted by Gasteiger charge is 2.41. The Hall–Kier alpha value is -2.05. The third kappa shape index (κ3) is 2.59. The van der Waals surface area contributed by atoms with E-state index >= 15 is 0 Å². The van der Waals surface area contributed by atoms with Crippen LogP contribution in [0.15, 0.2) is 12.1 Å². The summed E-state index contributed by atoms with van der Waals surface area (Å²) in [6.45, 7) is 4.78. The van der Waals surface area contributed by atoms with Crippen molar-refractivity contribution in [2.45, 2.75) is 32.9 Å². The summed E-state index contributed by atoms with van der Waals surface area (Å²) in [5, 5.41) is 2.52. The number of piperazine rings is 1. The van der Waals surface area contributed by atoms with Crippen molar-refractivity contribution in [3.8, 4) is 0 Å². The van der Waals surface area contributed by atoms with Gasteiger partial charge in [0.2, 0.25) is 5.91 Å². The molecule has 21 heavy (non-hydrogen) atoms. The molecule has 1 aromatic rings. The van der Waals surface area contributed by atoms with Crippen LogP contribution in [0.2, 0.25) is 0 Å². The smallest absolute Gasteiger partial charge is 0.250 e. The second-order valence-electron chi connectivity index (χ2n) is 5.34. The highest BCUT2D eigenvalue weighted by atomic mass is 19.2. The van der Waals surface area contributed by atoms with Gasteiger partial charge < -0.3 is 5.32 Å². The first-order valence-corrected chi connectivity index (χ1v) is 6.52. The van der Waals surface area contributed by atoms with Crippen molar-refractivity contribution in [2.24, 2.45) is 5.92 Å². The summed E-state index contributed by atoms with van der Waals surface area (Å²) in [5.74, 6) is -5.11. The number of nitrogens with zero attached hydrogens (tertiary/aromatic N) is 1. The van der Waals surface area contributed by atoms with Crippen molar-refractivity contribution >= 4 is 17.5 Å². The molecule has 0 aliphatic carbocycles. The molecule has 1 fully saturated rings. The Bertz CT molecular complexity index is 604. The zero-order valence-electron chi connectivity index (χ0n) is 11.8. The summed E-state index contributed by atoms with van der Waals surface area (Å²) in [4.78, 5) is 25.1. The van der Waals surface area contributed by atoms with Crippen LogP contribution in [0, 0.1) is 23.4 Å². The predicted molar refractivity (Wildman–Crippen MR) is 70.0 cm³/mol. The van der Waals surface area contributed by atoms with Crippen molar-refractivity contribution in [3.63, 3.8) is 0 Å². The summed E-state index contributed by atoms with van der Waals surface area (Å²) in [6, 6.07) is -0.816. The van der Waals surface area contributed by atoms with Gasteiger partial charge in [-0.2, -0.15) is 0 Å². The quantitative estimate of drug-likeness (QED) is 0.849. The van der Waals surface area contributed by atoms with Gasteiger partial charge in [0, 0.05) is 12.1 Å². The van der Waals surface area contributed by atoms with Crippen LogP contribution >= 0.6 is 0 Å². The molecule has 1 N–H and O–H groups in total. The highest BCUT2D eigenvalue weighted by molar-refractivity contribution is 6.08. The number of hydrogen-bond acceptors (Lipinski definition) is 2. The number of carbonyl (C=O) groups is 2. The number of carbonyl (C=O) groups excluding carboxylic acids is 2. The molecule has 1 heterocycles. The fourth-order valence-electron chi connectivity index (χ4n) is 2.29. The third-order valence-electron chi connectivity index (χ3n) is 3.47. The fourth-order valence-corrected chi connectivity index (χ4v) is 2.29. The molecule has 1 aliphatic rings. The zero-order valence-corrected chi connectivity index (χ0v) is 11.8. The number of nitrogens with one attached hydrogen (secondary N) is 1. The van der Waals surface area contributed by atoms with E-state index in [9.17, 15) is 22.8 Å². The van der Waals surface area contributed by atoms with Gasteiger partial charge in [-0.25, -0.2) is 13.2 Å². The van der Waals surface area contributed by atoms with E-state index < -0.39 is 47.0 Å². The van der Waals surface area contributed by atoms with Gasteiger partial charge in [-0.15, -0.1) is 0 Å². The number of rotatable bonds is 2. The first kappa shape index (κ1) is 15.3. The van der Waals surface area contributed by atoms with E-state index in [4.69, 9.17) is 0 Å². The minimum atomic E-state index is -1.41. The first-order valence-electron chi connectivity index (χ1n) is 6.52. The summed E-state index contributed by atoms with van der Waals surface area (Å²) < 4.78 is 40.6. The van der Waals surface area contributed by atoms with Crippen molar-refractivity contribution < 1.29 is 22.8 Å². The first-order chi connectivity index (χ1) is 9.73. The maximum Gasteiger partial charge on any atom is 0.250 e. The maximum absolute atomic E-state index is 13.9. The fraction of sp³-hybridized carbons (Fsp3) is 0.429. The third-order valence-corrected chi connectivity index (χ3v) is 3.47. The molecule has 0 radical (unpaired) electrons. The minimum absolute atomic E-state index is 0.238. The summed E-state index contributed by atoms with van der Waals surface area (Å²) in [7, 11) is 0. The average Bonchev–Trinajstić information content (AvgIpc) is 2.39. The Morgan fingerprint density at radius 1 is 1.19 bits per heavy atom. The number of hydrogen-bond donors (Lipinski definition) is 1. The van der Waals surface area contributed by atoms with Crippen molar-refractivity contribution in [2.75, 3.05) is 4.90 Å². The number of benzene rings is 1. The van der Waals surface area contributed by atoms with Crippen molar-refractivity contribution in [1.29, 1.82) is 0 Å². The van der Waals surface area contributed by atoms with Crippen LogP contribution < -0.4 is 10.2 Å². The van der Waals surface area contributed by atoms with Crippen LogP contribution in [0.25, 0.3) is 0 Å². The van der Waals surface area contributed by atoms with Gasteiger partial charge in [-0.3, -0.25) is 14.5 Å². The molecule has 0 aromatic heterocycles. The molecule has 1 saturated heterocycles. The zero-order chi connectivity index (χ0) is 15.9. The second kappa shape index (κ2) is 5.38. The Labute approximate surface area is 119 Å². The minimum Gasteiger partial charge on any atom is -0.342 e. The van der Waals surface area contributed by atoms with Gasteiger partial charge in [0.25, 0.3) is 5.91 Å². The Morgan fingerprint density at radius 2 is 1.81 bits per heavy atom. The van der Waals surface area contributed by atoms with Gasteiger partial charge in [0.15, 0.2) is 11.6 Å². The molecule has 4 nitrogen and oxygen atoms in total. The van der Waals surface area contributed by atoms with E-state index in [0.717, 1.165) is 4.90 Å². The molecule has 7 heteroatoms. The van der Waals surface area contributed by atoms with Crippen LogP contribution in [0.3, 0.4) is 0 Å². The van der Waals surface area contributed by atoms with E-state index in [-0.39, 0.29) is 5.92 Å². The standard InChI is InChI=1S/C14H15F3N2O2/c1-6(2)12-14(21)19(7(3)13(20)18-12)10-5-8(15)4-9(16)11(10)17/h4-7,12H,1-3H3,(H,18,20). The van der Waals surface area contributed by atoms with Crippen molar-refractivity contribution in [3.05, 3.63) is 29.6 Å².